The van der Waals surface area contributed by atoms with Gasteiger partial charge in [0.05, 0.1) is 13.7 Å². The van der Waals surface area contributed by atoms with Gasteiger partial charge in [0.15, 0.2) is 0 Å². The second kappa shape index (κ2) is 9.16. The lowest BCUT2D eigenvalue weighted by Gasteiger charge is -2.12. The summed E-state index contributed by atoms with van der Waals surface area (Å²) in [6.45, 7) is 1.32. The molecular weight excluding hydrogens is 345 g/mol. The van der Waals surface area contributed by atoms with Crippen LogP contribution in [0.1, 0.15) is 16.7 Å². The highest BCUT2D eigenvalue weighted by Crippen LogP contribution is 2.22. The van der Waals surface area contributed by atoms with Crippen molar-refractivity contribution in [3.8, 4) is 17.2 Å². The van der Waals surface area contributed by atoms with Crippen LogP contribution in [0.25, 0.3) is 0 Å². The normalized spacial score (nSPS) is 10.6. The zero-order chi connectivity index (χ0) is 19.1. The van der Waals surface area contributed by atoms with Crippen LogP contribution in [0.2, 0.25) is 0 Å². The quantitative estimate of drug-likeness (QED) is 0.619. The van der Waals surface area contributed by atoms with Crippen LogP contribution < -0.4 is 14.8 Å². The van der Waals surface area contributed by atoms with Gasteiger partial charge >= 0.3 is 0 Å². The van der Waals surface area contributed by atoms with Crippen LogP contribution in [0.4, 0.5) is 4.39 Å². The van der Waals surface area contributed by atoms with Crippen LogP contribution in [-0.4, -0.2) is 12.2 Å². The van der Waals surface area contributed by atoms with Crippen LogP contribution in [0.15, 0.2) is 66.7 Å². The molecule has 0 radical (unpaired) electrons. The second-order valence-electron chi connectivity index (χ2n) is 6.11. The van der Waals surface area contributed by atoms with E-state index in [9.17, 15) is 9.50 Å². The van der Waals surface area contributed by atoms with E-state index in [2.05, 4.69) is 5.32 Å². The van der Waals surface area contributed by atoms with E-state index in [4.69, 9.17) is 9.47 Å². The first-order chi connectivity index (χ1) is 13.2. The summed E-state index contributed by atoms with van der Waals surface area (Å²) < 4.78 is 24.0. The Bertz CT molecular complexity index is 864. The van der Waals surface area contributed by atoms with Crippen LogP contribution in [-0.2, 0) is 19.7 Å². The summed E-state index contributed by atoms with van der Waals surface area (Å²) in [7, 11) is 1.64. The fourth-order valence-corrected chi connectivity index (χ4v) is 2.72. The first-order valence-corrected chi connectivity index (χ1v) is 8.67. The molecule has 0 aromatic heterocycles. The predicted molar refractivity (Wildman–Crippen MR) is 102 cm³/mol. The van der Waals surface area contributed by atoms with Gasteiger partial charge in [-0.25, -0.2) is 4.39 Å². The lowest BCUT2D eigenvalue weighted by molar-refractivity contribution is 0.281. The molecule has 27 heavy (non-hydrogen) atoms. The molecule has 0 aliphatic heterocycles. The van der Waals surface area contributed by atoms with Crippen LogP contribution in [0.5, 0.6) is 17.2 Å². The Morgan fingerprint density at radius 2 is 1.48 bits per heavy atom. The number of benzene rings is 3. The summed E-state index contributed by atoms with van der Waals surface area (Å²) in [4.78, 5) is 0. The summed E-state index contributed by atoms with van der Waals surface area (Å²) in [6.07, 6.45) is 0. The molecule has 0 spiro atoms. The van der Waals surface area contributed by atoms with Gasteiger partial charge in [-0.1, -0.05) is 18.2 Å². The van der Waals surface area contributed by atoms with Crippen LogP contribution >= 0.6 is 0 Å². The molecule has 0 atom stereocenters. The van der Waals surface area contributed by atoms with E-state index in [-0.39, 0.29) is 12.4 Å². The standard InChI is InChI=1S/C22H22FNO3/c1-26-22-11-4-17(15-25)12-18(22)14-24-13-16-2-7-20(8-3-16)27-21-9-5-19(23)6-10-21/h2-12,24-25H,13-15H2,1H3. The largest absolute Gasteiger partial charge is 0.496 e. The fraction of sp³-hybridized carbons (Fsp3) is 0.182. The van der Waals surface area contributed by atoms with E-state index in [1.54, 1.807) is 19.2 Å². The maximum Gasteiger partial charge on any atom is 0.127 e. The van der Waals surface area contributed by atoms with Crippen molar-refractivity contribution in [2.45, 2.75) is 19.7 Å². The third-order valence-electron chi connectivity index (χ3n) is 4.14. The number of halogens is 1. The molecule has 4 nitrogen and oxygen atoms in total. The van der Waals surface area contributed by atoms with Gasteiger partial charge in [-0.3, -0.25) is 0 Å². The van der Waals surface area contributed by atoms with Gasteiger partial charge < -0.3 is 19.9 Å². The number of ether oxygens (including phenoxy) is 2. The smallest absolute Gasteiger partial charge is 0.127 e. The van der Waals surface area contributed by atoms with Gasteiger partial charge in [0, 0.05) is 18.7 Å². The molecule has 0 fully saturated rings. The van der Waals surface area contributed by atoms with Gasteiger partial charge in [0.2, 0.25) is 0 Å². The Labute approximate surface area is 158 Å². The number of aliphatic hydroxyl groups excluding tert-OH is 1. The van der Waals surface area contributed by atoms with Crippen molar-refractivity contribution in [3.05, 3.63) is 89.2 Å². The maximum atomic E-state index is 12.9. The molecule has 5 heteroatoms. The molecule has 2 N–H and O–H groups in total. The molecule has 0 heterocycles. The van der Waals surface area contributed by atoms with Crippen molar-refractivity contribution in [1.82, 2.24) is 5.32 Å². The summed E-state index contributed by atoms with van der Waals surface area (Å²) in [5, 5.41) is 12.7. The van der Waals surface area contributed by atoms with Crippen LogP contribution in [0.3, 0.4) is 0 Å². The zero-order valence-electron chi connectivity index (χ0n) is 15.1. The van der Waals surface area contributed by atoms with Gasteiger partial charge in [-0.05, 0) is 59.7 Å². The third-order valence-corrected chi connectivity index (χ3v) is 4.14. The molecule has 0 aliphatic carbocycles. The number of rotatable bonds is 8. The molecule has 0 bridgehead atoms. The molecule has 0 saturated heterocycles. The van der Waals surface area contributed by atoms with E-state index >= 15 is 0 Å². The Balaban J connectivity index is 1.55. The van der Waals surface area contributed by atoms with Crippen LogP contribution in [0, 0.1) is 5.82 Å². The highest BCUT2D eigenvalue weighted by Gasteiger charge is 2.05. The molecule has 3 aromatic rings. The summed E-state index contributed by atoms with van der Waals surface area (Å²) in [5.41, 5.74) is 2.97. The number of methoxy groups -OCH3 is 1. The third kappa shape index (κ3) is 5.29. The van der Waals surface area contributed by atoms with E-state index < -0.39 is 0 Å². The Morgan fingerprint density at radius 1 is 0.852 bits per heavy atom. The van der Waals surface area contributed by atoms with Gasteiger partial charge in [-0.2, -0.15) is 0 Å². The molecule has 0 aliphatic rings. The Morgan fingerprint density at radius 3 is 2.11 bits per heavy atom. The zero-order valence-corrected chi connectivity index (χ0v) is 15.1. The Kier molecular flexibility index (Phi) is 6.41. The van der Waals surface area contributed by atoms with Gasteiger partial charge in [0.25, 0.3) is 0 Å². The van der Waals surface area contributed by atoms with Gasteiger partial charge in [-0.15, -0.1) is 0 Å². The average Bonchev–Trinajstić information content (AvgIpc) is 2.71. The first kappa shape index (κ1) is 18.9. The number of aliphatic hydroxyl groups is 1. The van der Waals surface area contributed by atoms with E-state index in [0.29, 0.717) is 24.6 Å². The highest BCUT2D eigenvalue weighted by molar-refractivity contribution is 5.37. The molecule has 3 rings (SSSR count). The average molecular weight is 367 g/mol. The lowest BCUT2D eigenvalue weighted by Crippen LogP contribution is -2.13. The molecule has 0 saturated carbocycles. The number of hydrogen-bond donors (Lipinski definition) is 2. The first-order valence-electron chi connectivity index (χ1n) is 8.67. The number of hydrogen-bond acceptors (Lipinski definition) is 4. The van der Waals surface area contributed by atoms with E-state index in [0.717, 1.165) is 22.4 Å². The monoisotopic (exact) mass is 367 g/mol. The van der Waals surface area contributed by atoms with Crippen molar-refractivity contribution < 1.29 is 19.0 Å². The summed E-state index contributed by atoms with van der Waals surface area (Å²) >= 11 is 0. The lowest BCUT2D eigenvalue weighted by atomic mass is 10.1. The van der Waals surface area contributed by atoms with Crippen molar-refractivity contribution in [2.75, 3.05) is 7.11 Å². The van der Waals surface area contributed by atoms with Crippen molar-refractivity contribution in [2.24, 2.45) is 0 Å². The Hall–Kier alpha value is -2.89. The fourth-order valence-electron chi connectivity index (χ4n) is 2.72. The van der Waals surface area contributed by atoms with Crippen molar-refractivity contribution >= 4 is 0 Å². The highest BCUT2D eigenvalue weighted by atomic mass is 19.1. The summed E-state index contributed by atoms with van der Waals surface area (Å²) in [5.74, 6) is 1.80. The topological polar surface area (TPSA) is 50.7 Å². The number of nitrogens with one attached hydrogen (secondary N) is 1. The molecule has 3 aromatic carbocycles. The van der Waals surface area contributed by atoms with Crippen molar-refractivity contribution in [3.63, 3.8) is 0 Å². The SMILES string of the molecule is COc1ccc(CO)cc1CNCc1ccc(Oc2ccc(F)cc2)cc1. The molecule has 0 amide bonds. The minimum absolute atomic E-state index is 0.00646. The van der Waals surface area contributed by atoms with E-state index in [1.165, 1.54) is 12.1 Å². The van der Waals surface area contributed by atoms with Crippen molar-refractivity contribution in [1.29, 1.82) is 0 Å². The predicted octanol–water partition coefficient (Wildman–Crippen LogP) is 4.41. The minimum Gasteiger partial charge on any atom is -0.496 e. The second-order valence-corrected chi connectivity index (χ2v) is 6.11. The maximum absolute atomic E-state index is 12.9. The molecule has 0 unspecified atom stereocenters. The summed E-state index contributed by atoms with van der Waals surface area (Å²) in [6, 6.07) is 19.3. The molecular formula is C22H22FNO3. The molecule has 140 valence electrons. The van der Waals surface area contributed by atoms with E-state index in [1.807, 2.05) is 42.5 Å². The minimum atomic E-state index is -0.287. The van der Waals surface area contributed by atoms with Gasteiger partial charge in [0.1, 0.15) is 23.1 Å².